The molecule has 0 spiro atoms. The normalized spacial score (nSPS) is 9.50. The molecule has 0 aromatic heterocycles. The van der Waals surface area contributed by atoms with Crippen LogP contribution in [-0.4, -0.2) is 23.1 Å². The molecule has 3 N–H and O–H groups in total. The summed E-state index contributed by atoms with van der Waals surface area (Å²) in [6, 6.07) is 10.4. The smallest absolute Gasteiger partial charge is 0.403 e. The first-order valence-corrected chi connectivity index (χ1v) is 6.18. The molecule has 0 unspecified atom stereocenters. The van der Waals surface area contributed by atoms with Gasteiger partial charge in [0.05, 0.1) is 12.2 Å². The number of ether oxygens (including phenoxy) is 1. The van der Waals surface area contributed by atoms with Crippen LogP contribution in [0.2, 0.25) is 0 Å². The Labute approximate surface area is 120 Å². The lowest BCUT2D eigenvalue weighted by molar-refractivity contribution is 0.0699. The molecular weight excluding hydrogens is 282 g/mol. The summed E-state index contributed by atoms with van der Waals surface area (Å²) in [7, 11) is 0. The maximum Gasteiger partial charge on any atom is 0.403 e. The number of nitrogens with two attached hydrogens (primary N) is 1. The van der Waals surface area contributed by atoms with E-state index in [0.717, 1.165) is 5.39 Å². The second-order valence-corrected chi connectivity index (χ2v) is 4.03. The molecule has 106 valence electrons. The van der Waals surface area contributed by atoms with Crippen LogP contribution in [0, 0.1) is 0 Å². The Morgan fingerprint density at radius 3 is 2.30 bits per heavy atom. The quantitative estimate of drug-likeness (QED) is 0.653. The first-order chi connectivity index (χ1) is 9.47. The van der Waals surface area contributed by atoms with Crippen molar-refractivity contribution in [3.8, 4) is 0 Å². The van der Waals surface area contributed by atoms with E-state index >= 15 is 0 Å². The van der Waals surface area contributed by atoms with Crippen LogP contribution >= 0.6 is 11.6 Å². The van der Waals surface area contributed by atoms with Crippen molar-refractivity contribution in [2.75, 3.05) is 12.3 Å². The van der Waals surface area contributed by atoms with E-state index in [9.17, 15) is 9.59 Å². The first kappa shape index (κ1) is 15.8. The van der Waals surface area contributed by atoms with Crippen molar-refractivity contribution in [2.24, 2.45) is 0 Å². The van der Waals surface area contributed by atoms with E-state index in [-0.39, 0.29) is 5.56 Å². The molecular formula is C14H14ClNO4. The van der Waals surface area contributed by atoms with E-state index in [1.54, 1.807) is 37.3 Å². The van der Waals surface area contributed by atoms with E-state index in [4.69, 9.17) is 22.4 Å². The van der Waals surface area contributed by atoms with E-state index < -0.39 is 11.4 Å². The zero-order valence-corrected chi connectivity index (χ0v) is 11.6. The summed E-state index contributed by atoms with van der Waals surface area (Å²) in [5.41, 5.74) is 5.88. The number of anilines is 1. The molecule has 0 aliphatic carbocycles. The third kappa shape index (κ3) is 4.13. The molecule has 0 saturated heterocycles. The minimum Gasteiger partial charge on any atom is -0.478 e. The maximum absolute atomic E-state index is 10.9. The fraction of sp³-hybridized carbons (Fsp3) is 0.143. The van der Waals surface area contributed by atoms with Crippen LogP contribution < -0.4 is 5.73 Å². The van der Waals surface area contributed by atoms with Crippen molar-refractivity contribution >= 4 is 39.5 Å². The summed E-state index contributed by atoms with van der Waals surface area (Å²) in [4.78, 5) is 20.5. The van der Waals surface area contributed by atoms with Gasteiger partial charge in [-0.25, -0.2) is 9.59 Å². The Kier molecular flexibility index (Phi) is 5.80. The highest BCUT2D eigenvalue weighted by atomic mass is 35.5. The highest BCUT2D eigenvalue weighted by Crippen LogP contribution is 2.23. The molecule has 6 heteroatoms. The number of carboxylic acids is 1. The van der Waals surface area contributed by atoms with Crippen LogP contribution in [0.25, 0.3) is 10.8 Å². The van der Waals surface area contributed by atoms with E-state index in [1.165, 1.54) is 0 Å². The van der Waals surface area contributed by atoms with Crippen molar-refractivity contribution < 1.29 is 19.4 Å². The molecule has 2 aromatic carbocycles. The van der Waals surface area contributed by atoms with Crippen LogP contribution in [0.15, 0.2) is 36.4 Å². The molecule has 0 bridgehead atoms. The largest absolute Gasteiger partial charge is 0.478 e. The summed E-state index contributed by atoms with van der Waals surface area (Å²) in [6.07, 6.45) is 0. The molecule has 0 aliphatic rings. The molecule has 20 heavy (non-hydrogen) atoms. The van der Waals surface area contributed by atoms with Gasteiger partial charge in [-0.05, 0) is 24.4 Å². The Morgan fingerprint density at radius 2 is 1.80 bits per heavy atom. The summed E-state index contributed by atoms with van der Waals surface area (Å²) in [5.74, 6) is -0.929. The standard InChI is InChI=1S/C11H9NO2.C3H5ClO2/c12-10-6-2-3-7-8(10)4-1-5-9(7)11(13)14;1-2-6-3(4)5/h1-6H,12H2,(H,13,14);2H2,1H3. The lowest BCUT2D eigenvalue weighted by Crippen LogP contribution is -1.98. The average molecular weight is 296 g/mol. The predicted molar refractivity (Wildman–Crippen MR) is 78.2 cm³/mol. The van der Waals surface area contributed by atoms with Gasteiger partial charge in [-0.3, -0.25) is 0 Å². The third-order valence-electron chi connectivity index (χ3n) is 2.44. The monoisotopic (exact) mass is 295 g/mol. The minimum absolute atomic E-state index is 0.287. The minimum atomic E-state index is -0.929. The Balaban J connectivity index is 0.000000286. The van der Waals surface area contributed by atoms with Crippen molar-refractivity contribution in [2.45, 2.75) is 6.92 Å². The zero-order valence-electron chi connectivity index (χ0n) is 10.8. The number of hydrogen-bond acceptors (Lipinski definition) is 4. The molecule has 5 nitrogen and oxygen atoms in total. The van der Waals surface area contributed by atoms with Crippen LogP contribution in [-0.2, 0) is 4.74 Å². The summed E-state index contributed by atoms with van der Waals surface area (Å²) in [5, 5.41) is 10.4. The number of nitrogen functional groups attached to an aromatic ring is 1. The Morgan fingerprint density at radius 1 is 1.20 bits per heavy atom. The highest BCUT2D eigenvalue weighted by Gasteiger charge is 2.08. The number of fused-ring (bicyclic) bond motifs is 1. The van der Waals surface area contributed by atoms with Crippen molar-refractivity contribution in [1.29, 1.82) is 0 Å². The van der Waals surface area contributed by atoms with E-state index in [0.29, 0.717) is 17.7 Å². The maximum atomic E-state index is 10.9. The third-order valence-corrected chi connectivity index (χ3v) is 2.55. The van der Waals surface area contributed by atoms with Gasteiger partial charge >= 0.3 is 11.4 Å². The number of carbonyl (C=O) groups is 2. The summed E-state index contributed by atoms with van der Waals surface area (Å²) >= 11 is 4.72. The van der Waals surface area contributed by atoms with Gasteiger partial charge in [-0.1, -0.05) is 24.3 Å². The van der Waals surface area contributed by atoms with Crippen molar-refractivity contribution in [3.63, 3.8) is 0 Å². The zero-order chi connectivity index (χ0) is 15.1. The van der Waals surface area contributed by atoms with Gasteiger partial charge < -0.3 is 15.6 Å². The Hall–Kier alpha value is -2.27. The van der Waals surface area contributed by atoms with Gasteiger partial charge in [0, 0.05) is 22.7 Å². The lowest BCUT2D eigenvalue weighted by Gasteiger charge is -2.04. The molecule has 0 heterocycles. The Bertz CT molecular complexity index is 628. The number of rotatable bonds is 2. The van der Waals surface area contributed by atoms with Gasteiger partial charge in [-0.2, -0.15) is 0 Å². The van der Waals surface area contributed by atoms with Crippen molar-refractivity contribution in [1.82, 2.24) is 0 Å². The van der Waals surface area contributed by atoms with Crippen LogP contribution in [0.1, 0.15) is 17.3 Å². The van der Waals surface area contributed by atoms with Gasteiger partial charge in [0.25, 0.3) is 0 Å². The van der Waals surface area contributed by atoms with Gasteiger partial charge in [0.1, 0.15) is 0 Å². The topological polar surface area (TPSA) is 89.6 Å². The van der Waals surface area contributed by atoms with Gasteiger partial charge in [-0.15, -0.1) is 0 Å². The van der Waals surface area contributed by atoms with E-state index in [2.05, 4.69) is 4.74 Å². The summed E-state index contributed by atoms with van der Waals surface area (Å²) in [6.45, 7) is 2.04. The number of halogens is 1. The molecule has 2 aromatic rings. The molecule has 0 amide bonds. The lowest BCUT2D eigenvalue weighted by atomic mass is 10.0. The number of carboxylic acid groups (broad SMARTS) is 1. The number of carbonyl (C=O) groups excluding carboxylic acids is 1. The molecule has 0 saturated carbocycles. The highest BCUT2D eigenvalue weighted by molar-refractivity contribution is 6.61. The number of benzene rings is 2. The van der Waals surface area contributed by atoms with Crippen LogP contribution in [0.5, 0.6) is 0 Å². The summed E-state index contributed by atoms with van der Waals surface area (Å²) < 4.78 is 4.17. The van der Waals surface area contributed by atoms with Crippen LogP contribution in [0.3, 0.4) is 0 Å². The average Bonchev–Trinajstić information content (AvgIpc) is 2.39. The van der Waals surface area contributed by atoms with Crippen LogP contribution in [0.4, 0.5) is 10.5 Å². The first-order valence-electron chi connectivity index (χ1n) is 5.80. The molecule has 0 fully saturated rings. The number of aromatic carboxylic acids is 1. The molecule has 0 atom stereocenters. The SMILES string of the molecule is CCOC(=O)Cl.Nc1cccc2c(C(=O)O)cccc12. The molecule has 0 radical (unpaired) electrons. The second-order valence-electron chi connectivity index (χ2n) is 3.72. The predicted octanol–water partition coefficient (Wildman–Crippen LogP) is 3.50. The molecule has 2 rings (SSSR count). The van der Waals surface area contributed by atoms with Crippen molar-refractivity contribution in [3.05, 3.63) is 42.0 Å². The second kappa shape index (κ2) is 7.35. The van der Waals surface area contributed by atoms with Gasteiger partial charge in [0.15, 0.2) is 0 Å². The van der Waals surface area contributed by atoms with E-state index in [1.807, 2.05) is 6.07 Å². The number of hydrogen-bond donors (Lipinski definition) is 2. The molecule has 0 aliphatic heterocycles. The fourth-order valence-electron chi connectivity index (χ4n) is 1.63. The fourth-order valence-corrected chi connectivity index (χ4v) is 1.74. The van der Waals surface area contributed by atoms with Gasteiger partial charge in [0.2, 0.25) is 0 Å².